The second-order valence-electron chi connectivity index (χ2n) is 30.1. The zero-order valence-electron chi connectivity index (χ0n) is 69.8. The highest BCUT2D eigenvalue weighted by atomic mass is 32.3. The van der Waals surface area contributed by atoms with Crippen molar-refractivity contribution in [3.8, 4) is 23.0 Å². The number of benzene rings is 12. The standard InChI is InChI=1S/C25H28O3.C24H26O3.C22H22O.C19H26OSi.C10H12FO3PS.6CH4/c1-18(2)28-25(20-8-6-19(3)7-9-20,21-10-14-23(26-4)15-11-21)22-12-16-24(27-5)17-13-22;1-18(2)27-24(19-8-6-5-7-9-19,20-10-14-22(25-3)15-11-20)21-12-16-23(26-4)17-13-21;1-18(2)23-22(19-12-6-3-7-13-19,20-14-8-4-9-15-20)21-16-10-5-11-17-21;1-16(2)20-21(19(3,4)5,17-12-8-6-9-13-17)18-14-10-7-11-15-18;1-7(2)14-10(15)8-3-5-9(6-4-8)16(11,12)13;;;;;;/h6-18H,1-5H3;5-18H,1-4H3;3-18H,1-2H3;6-16H,1-5H3;3-7,15H,1-2H3;6*1H4. The van der Waals surface area contributed by atoms with Gasteiger partial charge in [-0.2, -0.15) is 8.42 Å². The molecule has 0 atom stereocenters. The van der Waals surface area contributed by atoms with Crippen LogP contribution in [0.2, 0.25) is 5.04 Å². The lowest BCUT2D eigenvalue weighted by atomic mass is 9.79. The van der Waals surface area contributed by atoms with Gasteiger partial charge in [-0.3, -0.25) is 0 Å². The van der Waals surface area contributed by atoms with Crippen molar-refractivity contribution in [1.82, 2.24) is 0 Å². The van der Waals surface area contributed by atoms with Crippen molar-refractivity contribution in [3.63, 3.8) is 0 Å². The molecule has 0 amide bonds. The van der Waals surface area contributed by atoms with Crippen LogP contribution in [-0.4, -0.2) is 81.2 Å². The summed E-state index contributed by atoms with van der Waals surface area (Å²) in [5.41, 5.74) is 10.1. The molecule has 11 nitrogen and oxygen atoms in total. The predicted molar refractivity (Wildman–Crippen MR) is 515 cm³/mol. The van der Waals surface area contributed by atoms with E-state index in [0.717, 1.165) is 73.1 Å². The van der Waals surface area contributed by atoms with Gasteiger partial charge in [-0.15, -0.1) is 3.89 Å². The molecule has 0 aliphatic rings. The number of aryl methyl sites for hydroxylation is 1. The monoisotopic (exact) mass is 1700 g/mol. The van der Waals surface area contributed by atoms with Crippen LogP contribution in [0.15, 0.2) is 332 Å². The fourth-order valence-corrected chi connectivity index (χ4v) is 19.7. The van der Waals surface area contributed by atoms with Crippen LogP contribution in [0.4, 0.5) is 3.89 Å². The fourth-order valence-electron chi connectivity index (χ4n) is 14.1. The normalized spacial score (nSPS) is 11.2. The third kappa shape index (κ3) is 27.7. The van der Waals surface area contributed by atoms with Crippen LogP contribution in [0.1, 0.15) is 196 Å². The SMILES string of the molecule is C.C.C.C.C.C.CC(C)OC(=P)c1ccc(S(=O)(=O)F)cc1.CC(C)OC(c1ccccc1)(c1ccccc1)c1ccccc1.CC(C)O[Si](c1ccccc1)(c1ccccc1)C(C)(C)C.COc1ccc(C(OC(C)C)(c2ccc(C)cc2)c2ccc(OC)cc2)cc1.COc1ccc(C(OC(C)C)(c2ccccc2)c2ccc(OC)cc2)cc1. The van der Waals surface area contributed by atoms with Gasteiger partial charge in [-0.05, 0) is 202 Å². The topological polar surface area (TPSA) is 117 Å². The lowest BCUT2D eigenvalue weighted by molar-refractivity contribution is -0.0296. The Bertz CT molecular complexity index is 4710. The maximum Gasteiger partial charge on any atom is 0.332 e. The van der Waals surface area contributed by atoms with Crippen molar-refractivity contribution in [3.05, 3.63) is 389 Å². The highest BCUT2D eigenvalue weighted by Crippen LogP contribution is 2.46. The molecule has 0 bridgehead atoms. The average molecular weight is 1700 g/mol. The third-order valence-corrected chi connectivity index (χ3v) is 25.5. The molecule has 0 fully saturated rings. The number of methoxy groups -OCH3 is 4. The van der Waals surface area contributed by atoms with Crippen molar-refractivity contribution >= 4 is 43.3 Å². The molecule has 650 valence electrons. The molecule has 0 N–H and O–H groups in total. The van der Waals surface area contributed by atoms with Gasteiger partial charge in [-0.25, -0.2) is 0 Å². The summed E-state index contributed by atoms with van der Waals surface area (Å²) in [5.74, 6) is 3.28. The summed E-state index contributed by atoms with van der Waals surface area (Å²) in [7, 11) is 3.02. The first-order chi connectivity index (χ1) is 55.0. The van der Waals surface area contributed by atoms with E-state index in [1.165, 1.54) is 40.2 Å². The molecule has 15 heteroatoms. The van der Waals surface area contributed by atoms with Crippen molar-refractivity contribution in [2.75, 3.05) is 28.4 Å². The Morgan fingerprint density at radius 1 is 0.314 bits per heavy atom. The van der Waals surface area contributed by atoms with Crippen LogP contribution in [-0.2, 0) is 50.4 Å². The highest BCUT2D eigenvalue weighted by molar-refractivity contribution is 7.86. The Morgan fingerprint density at radius 3 is 0.736 bits per heavy atom. The Kier molecular flexibility index (Phi) is 44.5. The molecule has 0 spiro atoms. The van der Waals surface area contributed by atoms with Gasteiger partial charge >= 0.3 is 10.2 Å². The average Bonchev–Trinajstić information content (AvgIpc) is 0.773. The quantitative estimate of drug-likeness (QED) is 0.0212. The summed E-state index contributed by atoms with van der Waals surface area (Å²) in [4.78, 5) is -0.361. The summed E-state index contributed by atoms with van der Waals surface area (Å²) in [6.07, 6.45) is 0.337. The maximum atomic E-state index is 12.6. The summed E-state index contributed by atoms with van der Waals surface area (Å²) in [5, 5.41) is 2.76. The van der Waals surface area contributed by atoms with E-state index in [4.69, 9.17) is 42.3 Å². The van der Waals surface area contributed by atoms with Crippen LogP contribution in [0.5, 0.6) is 23.0 Å². The van der Waals surface area contributed by atoms with Crippen molar-refractivity contribution in [2.24, 2.45) is 0 Å². The smallest absolute Gasteiger partial charge is 0.332 e. The summed E-state index contributed by atoms with van der Waals surface area (Å²) in [6, 6.07) is 109. The van der Waals surface area contributed by atoms with E-state index in [1.54, 1.807) is 28.4 Å². The largest absolute Gasteiger partial charge is 0.497 e. The van der Waals surface area contributed by atoms with Gasteiger partial charge in [0, 0.05) is 11.7 Å². The molecule has 0 aliphatic heterocycles. The summed E-state index contributed by atoms with van der Waals surface area (Å²) in [6.45, 7) is 29.4. The van der Waals surface area contributed by atoms with E-state index in [2.05, 4.69) is 310 Å². The molecule has 0 aromatic heterocycles. The first-order valence-electron chi connectivity index (χ1n) is 39.0. The number of hydrogen-bond acceptors (Lipinski definition) is 11. The molecular weight excluding hydrogens is 1560 g/mol. The first kappa shape index (κ1) is 107. The summed E-state index contributed by atoms with van der Waals surface area (Å²) >= 11 is 0. The van der Waals surface area contributed by atoms with Crippen LogP contribution >= 0.6 is 8.86 Å². The van der Waals surface area contributed by atoms with Gasteiger partial charge in [-0.1, -0.05) is 347 Å². The molecule has 12 aromatic carbocycles. The second-order valence-corrected chi connectivity index (χ2v) is 36.1. The maximum absolute atomic E-state index is 12.6. The molecule has 0 unspecified atom stereocenters. The van der Waals surface area contributed by atoms with Gasteiger partial charge in [0.25, 0.3) is 8.32 Å². The van der Waals surface area contributed by atoms with Gasteiger partial charge in [0.15, 0.2) is 0 Å². The van der Waals surface area contributed by atoms with E-state index < -0.39 is 35.3 Å². The minimum Gasteiger partial charge on any atom is -0.497 e. The summed E-state index contributed by atoms with van der Waals surface area (Å²) < 4.78 is 87.2. The van der Waals surface area contributed by atoms with Crippen LogP contribution < -0.4 is 29.3 Å². The Hall–Kier alpha value is -10.1. The fraction of sp³-hybridized carbons (Fsp3) is 0.311. The van der Waals surface area contributed by atoms with E-state index >= 15 is 0 Å². The first-order valence-corrected chi connectivity index (χ1v) is 42.8. The van der Waals surface area contributed by atoms with Crippen LogP contribution in [0.3, 0.4) is 0 Å². The van der Waals surface area contributed by atoms with Gasteiger partial charge in [0.1, 0.15) is 45.3 Å². The molecule has 12 rings (SSSR count). The zero-order chi connectivity index (χ0) is 83.4. The van der Waals surface area contributed by atoms with Gasteiger partial charge < -0.3 is 42.3 Å². The molecule has 0 heterocycles. The van der Waals surface area contributed by atoms with Crippen LogP contribution in [0.25, 0.3) is 0 Å². The lowest BCUT2D eigenvalue weighted by Crippen LogP contribution is -2.67. The Labute approximate surface area is 732 Å². The Morgan fingerprint density at radius 2 is 0.537 bits per heavy atom. The molecule has 12 aromatic rings. The van der Waals surface area contributed by atoms with E-state index in [-0.39, 0.29) is 85.0 Å². The number of ether oxygens (including phenoxy) is 8. The van der Waals surface area contributed by atoms with Crippen molar-refractivity contribution in [1.29, 1.82) is 0 Å². The number of rotatable bonds is 27. The van der Waals surface area contributed by atoms with E-state index in [9.17, 15) is 12.3 Å². The molecule has 0 aliphatic carbocycles. The lowest BCUT2D eigenvalue weighted by Gasteiger charge is -2.44. The number of halogens is 1. The second kappa shape index (κ2) is 50.3. The zero-order valence-corrected chi connectivity index (χ0v) is 72.7. The minimum absolute atomic E-state index is 0. The Balaban J connectivity index is 0.000000512. The van der Waals surface area contributed by atoms with Gasteiger partial charge in [0.05, 0.1) is 57.8 Å². The van der Waals surface area contributed by atoms with E-state index in [0.29, 0.717) is 11.0 Å². The minimum atomic E-state index is -4.63. The molecule has 0 saturated carbocycles. The molecule has 0 saturated heterocycles. The van der Waals surface area contributed by atoms with Crippen molar-refractivity contribution < 1.29 is 54.6 Å². The predicted octanol–water partition coefficient (Wildman–Crippen LogP) is 26.7. The van der Waals surface area contributed by atoms with E-state index in [1.807, 2.05) is 98.8 Å². The number of hydrogen-bond donors (Lipinski definition) is 0. The van der Waals surface area contributed by atoms with Gasteiger partial charge in [0.2, 0.25) is 0 Å². The third-order valence-electron chi connectivity index (χ3n) is 19.0. The van der Waals surface area contributed by atoms with Crippen LogP contribution in [0, 0.1) is 6.92 Å². The molecule has 121 heavy (non-hydrogen) atoms. The molecular formula is C106H138FO11PSSi. The highest BCUT2D eigenvalue weighted by Gasteiger charge is 2.51. The van der Waals surface area contributed by atoms with Crippen molar-refractivity contribution in [2.45, 2.75) is 199 Å². The molecule has 0 radical (unpaired) electrons.